The summed E-state index contributed by atoms with van der Waals surface area (Å²) in [7, 11) is 0. The highest BCUT2D eigenvalue weighted by atomic mass is 16.5. The van der Waals surface area contributed by atoms with Crippen LogP contribution in [-0.2, 0) is 0 Å². The fourth-order valence-corrected chi connectivity index (χ4v) is 1.73. The van der Waals surface area contributed by atoms with Gasteiger partial charge in [0.05, 0.1) is 6.61 Å². The number of hydrogen-bond acceptors (Lipinski definition) is 2. The van der Waals surface area contributed by atoms with E-state index in [4.69, 9.17) is 10.5 Å². The molecule has 1 atom stereocenters. The predicted octanol–water partition coefficient (Wildman–Crippen LogP) is 2.89. The molecule has 1 fully saturated rings. The van der Waals surface area contributed by atoms with Gasteiger partial charge in [-0.1, -0.05) is 19.1 Å². The van der Waals surface area contributed by atoms with Gasteiger partial charge in [-0.2, -0.15) is 0 Å². The highest BCUT2D eigenvalue weighted by Crippen LogP contribution is 2.39. The van der Waals surface area contributed by atoms with Gasteiger partial charge in [0.2, 0.25) is 0 Å². The van der Waals surface area contributed by atoms with Crippen LogP contribution in [0.3, 0.4) is 0 Å². The first-order valence-corrected chi connectivity index (χ1v) is 5.79. The van der Waals surface area contributed by atoms with Crippen molar-refractivity contribution in [2.75, 3.05) is 6.61 Å². The van der Waals surface area contributed by atoms with Crippen molar-refractivity contribution in [3.05, 3.63) is 29.8 Å². The van der Waals surface area contributed by atoms with Gasteiger partial charge in [0, 0.05) is 6.04 Å². The van der Waals surface area contributed by atoms with Gasteiger partial charge >= 0.3 is 0 Å². The Morgan fingerprint density at radius 3 is 2.53 bits per heavy atom. The van der Waals surface area contributed by atoms with Crippen molar-refractivity contribution in [3.8, 4) is 5.75 Å². The molecule has 2 rings (SSSR count). The molecule has 1 aliphatic carbocycles. The zero-order valence-corrected chi connectivity index (χ0v) is 9.28. The summed E-state index contributed by atoms with van der Waals surface area (Å²) in [5, 5.41) is 0. The Kier molecular flexibility index (Phi) is 3.27. The average Bonchev–Trinajstić information content (AvgIpc) is 3.10. The van der Waals surface area contributed by atoms with E-state index in [-0.39, 0.29) is 6.04 Å². The molecule has 0 bridgehead atoms. The maximum absolute atomic E-state index is 6.11. The zero-order chi connectivity index (χ0) is 10.7. The van der Waals surface area contributed by atoms with Gasteiger partial charge < -0.3 is 10.5 Å². The van der Waals surface area contributed by atoms with Crippen molar-refractivity contribution in [3.63, 3.8) is 0 Å². The number of ether oxygens (including phenoxy) is 1. The van der Waals surface area contributed by atoms with Crippen LogP contribution in [0.25, 0.3) is 0 Å². The van der Waals surface area contributed by atoms with E-state index in [1.165, 1.54) is 18.4 Å². The largest absolute Gasteiger partial charge is 0.494 e. The summed E-state index contributed by atoms with van der Waals surface area (Å²) < 4.78 is 5.53. The van der Waals surface area contributed by atoms with Crippen LogP contribution < -0.4 is 10.5 Å². The molecule has 1 aromatic carbocycles. The van der Waals surface area contributed by atoms with Gasteiger partial charge in [-0.15, -0.1) is 0 Å². The lowest BCUT2D eigenvalue weighted by atomic mass is 10.0. The summed E-state index contributed by atoms with van der Waals surface area (Å²) in [5.74, 6) is 1.66. The second-order valence-corrected chi connectivity index (χ2v) is 4.28. The number of benzene rings is 1. The molecule has 1 aromatic rings. The van der Waals surface area contributed by atoms with E-state index in [9.17, 15) is 0 Å². The molecular formula is C13H19NO. The highest BCUT2D eigenvalue weighted by molar-refractivity contribution is 5.29. The molecule has 2 heteroatoms. The lowest BCUT2D eigenvalue weighted by Crippen LogP contribution is -2.12. The van der Waals surface area contributed by atoms with Crippen LogP contribution in [0.5, 0.6) is 5.75 Å². The third kappa shape index (κ3) is 2.72. The first-order valence-electron chi connectivity index (χ1n) is 5.79. The molecule has 2 N–H and O–H groups in total. The maximum Gasteiger partial charge on any atom is 0.119 e. The number of hydrogen-bond donors (Lipinski definition) is 1. The Hall–Kier alpha value is -1.02. The Morgan fingerprint density at radius 2 is 2.00 bits per heavy atom. The monoisotopic (exact) mass is 205 g/mol. The van der Waals surface area contributed by atoms with E-state index < -0.39 is 0 Å². The van der Waals surface area contributed by atoms with E-state index in [0.717, 1.165) is 18.8 Å². The predicted molar refractivity (Wildman–Crippen MR) is 61.9 cm³/mol. The normalized spacial score (nSPS) is 17.5. The lowest BCUT2D eigenvalue weighted by molar-refractivity contribution is 0.317. The van der Waals surface area contributed by atoms with Crippen molar-refractivity contribution in [1.29, 1.82) is 0 Å². The van der Waals surface area contributed by atoms with Crippen molar-refractivity contribution in [1.82, 2.24) is 0 Å². The number of rotatable bonds is 5. The van der Waals surface area contributed by atoms with Crippen molar-refractivity contribution in [2.24, 2.45) is 11.7 Å². The summed E-state index contributed by atoms with van der Waals surface area (Å²) >= 11 is 0. The van der Waals surface area contributed by atoms with Crippen LogP contribution in [0.2, 0.25) is 0 Å². The molecule has 1 aliphatic rings. The molecular weight excluding hydrogens is 186 g/mol. The Bertz CT molecular complexity index is 303. The summed E-state index contributed by atoms with van der Waals surface area (Å²) in [6.07, 6.45) is 3.62. The van der Waals surface area contributed by atoms with E-state index in [0.29, 0.717) is 5.92 Å². The molecule has 0 aliphatic heterocycles. The second-order valence-electron chi connectivity index (χ2n) is 4.28. The molecule has 0 heterocycles. The molecule has 1 saturated carbocycles. The fourth-order valence-electron chi connectivity index (χ4n) is 1.73. The first-order chi connectivity index (χ1) is 7.31. The quantitative estimate of drug-likeness (QED) is 0.802. The molecule has 0 aromatic heterocycles. The summed E-state index contributed by atoms with van der Waals surface area (Å²) in [6, 6.07) is 8.45. The molecule has 0 spiro atoms. The van der Waals surface area contributed by atoms with Crippen LogP contribution >= 0.6 is 0 Å². The first kappa shape index (κ1) is 10.5. The minimum atomic E-state index is 0.227. The van der Waals surface area contributed by atoms with Gasteiger partial charge in [-0.05, 0) is 42.9 Å². The van der Waals surface area contributed by atoms with Crippen LogP contribution in [-0.4, -0.2) is 6.61 Å². The summed E-state index contributed by atoms with van der Waals surface area (Å²) in [4.78, 5) is 0. The second kappa shape index (κ2) is 4.67. The highest BCUT2D eigenvalue weighted by Gasteiger charge is 2.29. The third-order valence-corrected chi connectivity index (χ3v) is 2.87. The van der Waals surface area contributed by atoms with Crippen LogP contribution in [0.4, 0.5) is 0 Å². The summed E-state index contributed by atoms with van der Waals surface area (Å²) in [5.41, 5.74) is 7.35. The van der Waals surface area contributed by atoms with Gasteiger partial charge in [0.25, 0.3) is 0 Å². The Labute approximate surface area is 91.4 Å². The van der Waals surface area contributed by atoms with Crippen LogP contribution in [0.15, 0.2) is 24.3 Å². The van der Waals surface area contributed by atoms with Crippen molar-refractivity contribution >= 4 is 0 Å². The van der Waals surface area contributed by atoms with Gasteiger partial charge in [-0.3, -0.25) is 0 Å². The third-order valence-electron chi connectivity index (χ3n) is 2.87. The van der Waals surface area contributed by atoms with Crippen molar-refractivity contribution < 1.29 is 4.74 Å². The zero-order valence-electron chi connectivity index (χ0n) is 9.28. The van der Waals surface area contributed by atoms with Gasteiger partial charge in [0.1, 0.15) is 5.75 Å². The van der Waals surface area contributed by atoms with E-state index in [1.807, 2.05) is 12.1 Å². The molecule has 0 saturated heterocycles. The topological polar surface area (TPSA) is 35.2 Å². The van der Waals surface area contributed by atoms with Crippen LogP contribution in [0.1, 0.15) is 37.8 Å². The molecule has 82 valence electrons. The Balaban J connectivity index is 1.96. The molecule has 0 radical (unpaired) electrons. The van der Waals surface area contributed by atoms with E-state index >= 15 is 0 Å². The Morgan fingerprint density at radius 1 is 1.33 bits per heavy atom. The fraction of sp³-hybridized carbons (Fsp3) is 0.538. The SMILES string of the molecule is CCCOc1ccc(C(N)C2CC2)cc1. The molecule has 0 amide bonds. The molecule has 1 unspecified atom stereocenters. The van der Waals surface area contributed by atoms with Crippen molar-refractivity contribution in [2.45, 2.75) is 32.2 Å². The lowest BCUT2D eigenvalue weighted by Gasteiger charge is -2.11. The van der Waals surface area contributed by atoms with E-state index in [1.54, 1.807) is 0 Å². The van der Waals surface area contributed by atoms with E-state index in [2.05, 4.69) is 19.1 Å². The molecule has 15 heavy (non-hydrogen) atoms. The van der Waals surface area contributed by atoms with Gasteiger partial charge in [-0.25, -0.2) is 0 Å². The minimum absolute atomic E-state index is 0.227. The number of nitrogens with two attached hydrogens (primary N) is 1. The molecule has 2 nitrogen and oxygen atoms in total. The standard InChI is InChI=1S/C13H19NO/c1-2-9-15-12-7-5-11(6-8-12)13(14)10-3-4-10/h5-8,10,13H,2-4,9,14H2,1H3. The minimum Gasteiger partial charge on any atom is -0.494 e. The van der Waals surface area contributed by atoms with Crippen LogP contribution in [0, 0.1) is 5.92 Å². The average molecular weight is 205 g/mol. The van der Waals surface area contributed by atoms with Gasteiger partial charge in [0.15, 0.2) is 0 Å². The summed E-state index contributed by atoms with van der Waals surface area (Å²) in [6.45, 7) is 2.89. The smallest absolute Gasteiger partial charge is 0.119 e. The maximum atomic E-state index is 6.11.